The van der Waals surface area contributed by atoms with Gasteiger partial charge >= 0.3 is 0 Å². The van der Waals surface area contributed by atoms with Crippen molar-refractivity contribution in [2.75, 3.05) is 46.9 Å². The maximum Gasteiger partial charge on any atom is 0.246 e. The van der Waals surface area contributed by atoms with Crippen molar-refractivity contribution in [1.82, 2.24) is 9.21 Å². The van der Waals surface area contributed by atoms with Gasteiger partial charge in [0.25, 0.3) is 0 Å². The van der Waals surface area contributed by atoms with E-state index in [1.807, 2.05) is 19.0 Å². The maximum atomic E-state index is 14.1. The quantitative estimate of drug-likeness (QED) is 0.836. The number of rotatable bonds is 4. The summed E-state index contributed by atoms with van der Waals surface area (Å²) < 4.78 is 46.3. The van der Waals surface area contributed by atoms with Gasteiger partial charge in [0.2, 0.25) is 10.0 Å². The van der Waals surface area contributed by atoms with Gasteiger partial charge in [0.15, 0.2) is 0 Å². The molecule has 0 radical (unpaired) electrons. The smallest absolute Gasteiger partial charge is 0.246 e. The Bertz CT molecular complexity index is 619. The van der Waals surface area contributed by atoms with E-state index in [0.717, 1.165) is 6.54 Å². The average Bonchev–Trinajstić information content (AvgIpc) is 2.63. The van der Waals surface area contributed by atoms with E-state index in [-0.39, 0.29) is 17.4 Å². The normalized spacial score (nSPS) is 21.0. The molecule has 2 rings (SSSR count). The van der Waals surface area contributed by atoms with E-state index < -0.39 is 15.8 Å². The lowest BCUT2D eigenvalue weighted by Crippen LogP contribution is -2.39. The second-order valence-electron chi connectivity index (χ2n) is 6.00. The van der Waals surface area contributed by atoms with Crippen molar-refractivity contribution in [2.24, 2.45) is 5.92 Å². The van der Waals surface area contributed by atoms with Crippen LogP contribution >= 0.6 is 0 Å². The van der Waals surface area contributed by atoms with Crippen molar-refractivity contribution >= 4 is 10.0 Å². The molecule has 0 amide bonds. The van der Waals surface area contributed by atoms with Gasteiger partial charge in [-0.25, -0.2) is 12.8 Å². The Hall–Kier alpha value is -1.02. The minimum atomic E-state index is -3.84. The van der Waals surface area contributed by atoms with Crippen LogP contribution in [0, 0.1) is 18.7 Å². The fourth-order valence-electron chi connectivity index (χ4n) is 2.65. The first-order chi connectivity index (χ1) is 10.3. The van der Waals surface area contributed by atoms with E-state index in [2.05, 4.69) is 0 Å². The summed E-state index contributed by atoms with van der Waals surface area (Å²) in [5.74, 6) is -0.630. The highest BCUT2D eigenvalue weighted by Gasteiger charge is 2.31. The monoisotopic (exact) mass is 330 g/mol. The van der Waals surface area contributed by atoms with Gasteiger partial charge in [-0.2, -0.15) is 4.31 Å². The zero-order valence-corrected chi connectivity index (χ0v) is 14.1. The maximum absolute atomic E-state index is 14.1. The molecule has 0 saturated carbocycles. The molecule has 0 bridgehead atoms. The van der Waals surface area contributed by atoms with Crippen LogP contribution in [0.5, 0.6) is 0 Å². The number of sulfonamides is 1. The number of aryl methyl sites for hydroxylation is 1. The molecule has 7 heteroatoms. The van der Waals surface area contributed by atoms with E-state index >= 15 is 0 Å². The SMILES string of the molecule is Cc1ccc(S(=O)(=O)N2CCOC[C@@H](CN(C)C)C2)c(F)c1. The summed E-state index contributed by atoms with van der Waals surface area (Å²) in [6, 6.07) is 4.20. The molecule has 0 N–H and O–H groups in total. The van der Waals surface area contributed by atoms with E-state index in [4.69, 9.17) is 4.74 Å². The highest BCUT2D eigenvalue weighted by Crippen LogP contribution is 2.22. The fraction of sp³-hybridized carbons (Fsp3) is 0.600. The topological polar surface area (TPSA) is 49.9 Å². The van der Waals surface area contributed by atoms with Gasteiger partial charge in [0.05, 0.1) is 13.2 Å². The van der Waals surface area contributed by atoms with E-state index in [9.17, 15) is 12.8 Å². The Balaban J connectivity index is 2.26. The summed E-state index contributed by atoms with van der Waals surface area (Å²) in [5, 5.41) is 0. The second-order valence-corrected chi connectivity index (χ2v) is 7.91. The van der Waals surface area contributed by atoms with Gasteiger partial charge in [-0.05, 0) is 38.7 Å². The number of halogens is 1. The first-order valence-electron chi connectivity index (χ1n) is 7.29. The Morgan fingerprint density at radius 3 is 2.77 bits per heavy atom. The third-order valence-corrected chi connectivity index (χ3v) is 5.53. The van der Waals surface area contributed by atoms with Crippen LogP contribution in [0.4, 0.5) is 4.39 Å². The second kappa shape index (κ2) is 7.04. The predicted molar refractivity (Wildman–Crippen MR) is 82.8 cm³/mol. The Morgan fingerprint density at radius 1 is 1.41 bits per heavy atom. The lowest BCUT2D eigenvalue weighted by molar-refractivity contribution is 0.113. The van der Waals surface area contributed by atoms with E-state index in [0.29, 0.717) is 25.3 Å². The van der Waals surface area contributed by atoms with Gasteiger partial charge in [-0.15, -0.1) is 0 Å². The molecule has 1 aliphatic rings. The molecule has 1 aromatic carbocycles. The molecule has 0 spiro atoms. The number of hydrogen-bond donors (Lipinski definition) is 0. The van der Waals surface area contributed by atoms with Crippen LogP contribution in [0.25, 0.3) is 0 Å². The number of benzene rings is 1. The Labute approximate surface area is 131 Å². The zero-order chi connectivity index (χ0) is 16.3. The summed E-state index contributed by atoms with van der Waals surface area (Å²) in [6.45, 7) is 3.89. The molecule has 0 aliphatic carbocycles. The van der Waals surface area contributed by atoms with Gasteiger partial charge in [0, 0.05) is 25.6 Å². The highest BCUT2D eigenvalue weighted by molar-refractivity contribution is 7.89. The molecule has 1 fully saturated rings. The van der Waals surface area contributed by atoms with Crippen molar-refractivity contribution in [2.45, 2.75) is 11.8 Å². The van der Waals surface area contributed by atoms with Gasteiger partial charge in [-0.1, -0.05) is 6.07 Å². The largest absolute Gasteiger partial charge is 0.380 e. The Morgan fingerprint density at radius 2 is 2.14 bits per heavy atom. The standard InChI is InChI=1S/C15H23FN2O3S/c1-12-4-5-15(14(16)8-12)22(19,20)18-6-7-21-11-13(10-18)9-17(2)3/h4-5,8,13H,6-7,9-11H2,1-3H3/t13-/m0/s1. The molecular weight excluding hydrogens is 307 g/mol. The molecule has 5 nitrogen and oxygen atoms in total. The summed E-state index contributed by atoms with van der Waals surface area (Å²) in [7, 11) is 0.0261. The lowest BCUT2D eigenvalue weighted by Gasteiger charge is -2.25. The van der Waals surface area contributed by atoms with Crippen molar-refractivity contribution in [3.05, 3.63) is 29.6 Å². The highest BCUT2D eigenvalue weighted by atomic mass is 32.2. The fourth-order valence-corrected chi connectivity index (χ4v) is 4.19. The number of nitrogens with zero attached hydrogens (tertiary/aromatic N) is 2. The minimum absolute atomic E-state index is 0.0702. The molecule has 1 atom stereocenters. The molecule has 124 valence electrons. The predicted octanol–water partition coefficient (Wildman–Crippen LogP) is 1.33. The van der Waals surface area contributed by atoms with Gasteiger partial charge in [-0.3, -0.25) is 0 Å². The summed E-state index contributed by atoms with van der Waals surface area (Å²) in [5.41, 5.74) is 0.695. The van der Waals surface area contributed by atoms with Crippen LogP contribution in [0.15, 0.2) is 23.1 Å². The van der Waals surface area contributed by atoms with Crippen LogP contribution < -0.4 is 0 Å². The van der Waals surface area contributed by atoms with Crippen LogP contribution in [-0.4, -0.2) is 64.6 Å². The van der Waals surface area contributed by atoms with Crippen molar-refractivity contribution in [3.8, 4) is 0 Å². The van der Waals surface area contributed by atoms with Crippen LogP contribution in [0.2, 0.25) is 0 Å². The molecule has 0 aromatic heterocycles. The minimum Gasteiger partial charge on any atom is -0.380 e. The first kappa shape index (κ1) is 17.3. The molecule has 0 unspecified atom stereocenters. The third kappa shape index (κ3) is 4.04. The average molecular weight is 330 g/mol. The molecule has 1 heterocycles. The molecule has 1 aliphatic heterocycles. The Kier molecular flexibility index (Phi) is 5.55. The van der Waals surface area contributed by atoms with Crippen LogP contribution in [-0.2, 0) is 14.8 Å². The molecule has 1 aromatic rings. The van der Waals surface area contributed by atoms with E-state index in [1.165, 1.54) is 16.4 Å². The van der Waals surface area contributed by atoms with Gasteiger partial charge in [0.1, 0.15) is 10.7 Å². The molecular formula is C15H23FN2O3S. The van der Waals surface area contributed by atoms with Crippen LogP contribution in [0.1, 0.15) is 5.56 Å². The number of hydrogen-bond acceptors (Lipinski definition) is 4. The van der Waals surface area contributed by atoms with Crippen LogP contribution in [0.3, 0.4) is 0 Å². The summed E-state index contributed by atoms with van der Waals surface area (Å²) in [4.78, 5) is 1.74. The van der Waals surface area contributed by atoms with Crippen molar-refractivity contribution in [3.63, 3.8) is 0 Å². The summed E-state index contributed by atoms with van der Waals surface area (Å²) in [6.07, 6.45) is 0. The summed E-state index contributed by atoms with van der Waals surface area (Å²) >= 11 is 0. The molecule has 22 heavy (non-hydrogen) atoms. The molecule has 1 saturated heterocycles. The van der Waals surface area contributed by atoms with Gasteiger partial charge < -0.3 is 9.64 Å². The van der Waals surface area contributed by atoms with Crippen molar-refractivity contribution in [1.29, 1.82) is 0 Å². The first-order valence-corrected chi connectivity index (χ1v) is 8.73. The lowest BCUT2D eigenvalue weighted by atomic mass is 10.1. The zero-order valence-electron chi connectivity index (χ0n) is 13.3. The number of ether oxygens (including phenoxy) is 1. The van der Waals surface area contributed by atoms with E-state index in [1.54, 1.807) is 13.0 Å². The third-order valence-electron chi connectivity index (χ3n) is 3.63. The van der Waals surface area contributed by atoms with Crippen molar-refractivity contribution < 1.29 is 17.5 Å².